The molecule has 0 amide bonds. The van der Waals surface area contributed by atoms with E-state index in [0.717, 1.165) is 146 Å². The molecule has 16 aromatic rings. The van der Waals surface area contributed by atoms with E-state index in [1.807, 2.05) is 103 Å². The Hall–Kier alpha value is -12.7. The minimum absolute atomic E-state index is 0.487. The number of hydrogen-bond donors (Lipinski definition) is 0. The maximum absolute atomic E-state index is 6.94. The largest absolute Gasteiger partial charge is 0.457 e. The van der Waals surface area contributed by atoms with Crippen LogP contribution in [0.15, 0.2) is 300 Å². The first-order chi connectivity index (χ1) is 46.5. The fourth-order valence-corrected chi connectivity index (χ4v) is 15.4. The molecule has 0 saturated carbocycles. The summed E-state index contributed by atoms with van der Waals surface area (Å²) in [5.74, 6) is 4.14. The molecule has 1 unspecified atom stereocenters. The van der Waals surface area contributed by atoms with Crippen molar-refractivity contribution in [1.82, 2.24) is 29.9 Å². The summed E-state index contributed by atoms with van der Waals surface area (Å²) in [6.45, 7) is 0. The molecule has 0 fully saturated rings. The van der Waals surface area contributed by atoms with Crippen LogP contribution >= 0.6 is 0 Å². The van der Waals surface area contributed by atoms with Crippen molar-refractivity contribution in [3.63, 3.8) is 0 Å². The molecule has 2 spiro atoms. The third kappa shape index (κ3) is 7.53. The molecule has 6 aromatic heterocycles. The molecule has 1 atom stereocenters. The highest BCUT2D eigenvalue weighted by Crippen LogP contribution is 2.65. The van der Waals surface area contributed by atoms with Crippen LogP contribution in [0.3, 0.4) is 0 Å². The van der Waals surface area contributed by atoms with Gasteiger partial charge in [-0.05, 0) is 190 Å². The van der Waals surface area contributed by atoms with Crippen LogP contribution < -0.4 is 9.47 Å². The Morgan fingerprint density at radius 3 is 1.35 bits per heavy atom. The summed E-state index contributed by atoms with van der Waals surface area (Å²) in [5.41, 5.74) is 24.9. The number of pyridine rings is 4. The van der Waals surface area contributed by atoms with Gasteiger partial charge < -0.3 is 18.3 Å². The van der Waals surface area contributed by atoms with E-state index in [4.69, 9.17) is 43.2 Å². The van der Waals surface area contributed by atoms with Gasteiger partial charge in [-0.3, -0.25) is 9.97 Å². The lowest BCUT2D eigenvalue weighted by Gasteiger charge is -2.39. The molecule has 10 aromatic carbocycles. The highest BCUT2D eigenvalue weighted by Gasteiger charge is 2.53. The Morgan fingerprint density at radius 1 is 0.245 bits per heavy atom. The summed E-state index contributed by atoms with van der Waals surface area (Å²) < 4.78 is 27.0. The average molecular weight is 1210 g/mol. The molecule has 20 rings (SSSR count). The van der Waals surface area contributed by atoms with Crippen molar-refractivity contribution in [2.24, 2.45) is 0 Å². The number of para-hydroxylation sites is 3. The van der Waals surface area contributed by atoms with Crippen molar-refractivity contribution in [3.05, 3.63) is 336 Å². The van der Waals surface area contributed by atoms with Crippen molar-refractivity contribution < 1.29 is 18.3 Å². The van der Waals surface area contributed by atoms with E-state index in [-0.39, 0.29) is 0 Å². The van der Waals surface area contributed by atoms with Crippen molar-refractivity contribution in [1.29, 1.82) is 0 Å². The van der Waals surface area contributed by atoms with Gasteiger partial charge in [0.15, 0.2) is 11.2 Å². The summed E-state index contributed by atoms with van der Waals surface area (Å²) in [7, 11) is 0. The minimum atomic E-state index is -0.779. The van der Waals surface area contributed by atoms with Gasteiger partial charge in [0.05, 0.1) is 45.0 Å². The average Bonchev–Trinajstić information content (AvgIpc) is 1.49. The van der Waals surface area contributed by atoms with Crippen LogP contribution in [0.25, 0.3) is 124 Å². The molecule has 0 radical (unpaired) electrons. The SMILES string of the molecule is c1ccc(-c2cccc(-c3ccc4c(c3)C3(c5ccccc5Oc5ccc(-c6ccc(-c7ccc8oc(-c9ccc%10c(c9)C9(c%11cc(-c%12nc%13ccccc%13o%12)ccc%11O%10)c%10ccccc%10-c%10ccccc%109)nc8c7)c(-c7ccccn7)n6)cc53)c3ccccc3-4)n2)nc1. The molecule has 0 saturated heterocycles. The molecule has 4 aliphatic rings. The predicted octanol–water partition coefficient (Wildman–Crippen LogP) is 20.2. The van der Waals surface area contributed by atoms with Gasteiger partial charge >= 0.3 is 0 Å². The Labute approximate surface area is 538 Å². The Balaban J connectivity index is 0.700. The maximum atomic E-state index is 6.94. The van der Waals surface area contributed by atoms with Gasteiger partial charge in [0.1, 0.15) is 34.0 Å². The molecule has 8 heterocycles. The van der Waals surface area contributed by atoms with Crippen LogP contribution in [0.1, 0.15) is 44.5 Å². The van der Waals surface area contributed by atoms with E-state index in [9.17, 15) is 0 Å². The number of hydrogen-bond acceptors (Lipinski definition) is 10. The summed E-state index contributed by atoms with van der Waals surface area (Å²) in [4.78, 5) is 30.6. The molecule has 0 bridgehead atoms. The standard InChI is InChI=1S/C84H48N6O4/c1-4-19-59-55(16-1)56-17-2-5-20-60(56)83(59)65-46-52(81-89-71-24-8-10-29-78(71)93-81)33-39-76(65)92-77-40-34-53(47-66(77)83)82-90-73-48-49(31-41-79(73)94-82)54-36-37-68(88-80(54)72-25-12-14-43-86-72)51-32-38-75-64(45-51)84(62-22-7-9-28-74(62)91-75)61-21-6-3-18-57(61)58-35-30-50(44-63(58)84)67-26-15-27-70(87-67)69-23-11-13-42-85-69/h1-48H. The normalized spacial score (nSPS) is 14.7. The summed E-state index contributed by atoms with van der Waals surface area (Å²) >= 11 is 0. The summed E-state index contributed by atoms with van der Waals surface area (Å²) in [6, 6.07) is 96.9. The maximum Gasteiger partial charge on any atom is 0.227 e. The van der Waals surface area contributed by atoms with E-state index in [2.05, 4.69) is 187 Å². The second kappa shape index (κ2) is 19.9. The first-order valence-electron chi connectivity index (χ1n) is 31.4. The zero-order chi connectivity index (χ0) is 61.6. The van der Waals surface area contributed by atoms with E-state index >= 15 is 0 Å². The molecular formula is C84H48N6O4. The van der Waals surface area contributed by atoms with Crippen molar-refractivity contribution in [2.45, 2.75) is 10.8 Å². The van der Waals surface area contributed by atoms with Gasteiger partial charge in [-0.1, -0.05) is 140 Å². The highest BCUT2D eigenvalue weighted by molar-refractivity contribution is 5.94. The second-order valence-corrected chi connectivity index (χ2v) is 24.3. The van der Waals surface area contributed by atoms with Gasteiger partial charge in [0.25, 0.3) is 0 Å². The van der Waals surface area contributed by atoms with Crippen molar-refractivity contribution in [3.8, 4) is 125 Å². The number of ether oxygens (including phenoxy) is 2. The van der Waals surface area contributed by atoms with Crippen LogP contribution in [0.4, 0.5) is 0 Å². The molecule has 0 N–H and O–H groups in total. The van der Waals surface area contributed by atoms with Gasteiger partial charge in [-0.15, -0.1) is 0 Å². The van der Waals surface area contributed by atoms with Crippen LogP contribution in [0.2, 0.25) is 0 Å². The van der Waals surface area contributed by atoms with Crippen molar-refractivity contribution >= 4 is 22.2 Å². The monoisotopic (exact) mass is 1200 g/mol. The van der Waals surface area contributed by atoms with Crippen LogP contribution in [0, 0.1) is 0 Å². The number of rotatable bonds is 7. The Bertz CT molecular complexity index is 5780. The first kappa shape index (κ1) is 52.1. The quantitative estimate of drug-likeness (QED) is 0.152. The zero-order valence-corrected chi connectivity index (χ0v) is 50.0. The number of benzene rings is 10. The van der Waals surface area contributed by atoms with Crippen LogP contribution in [0.5, 0.6) is 23.0 Å². The van der Waals surface area contributed by atoms with Gasteiger partial charge in [-0.25, -0.2) is 19.9 Å². The van der Waals surface area contributed by atoms with Crippen molar-refractivity contribution in [2.75, 3.05) is 0 Å². The topological polar surface area (TPSA) is 122 Å². The molecule has 438 valence electrons. The van der Waals surface area contributed by atoms with Crippen LogP contribution in [-0.4, -0.2) is 29.9 Å². The van der Waals surface area contributed by atoms with E-state index in [0.29, 0.717) is 22.9 Å². The van der Waals surface area contributed by atoms with E-state index < -0.39 is 10.8 Å². The smallest absolute Gasteiger partial charge is 0.227 e. The highest BCUT2D eigenvalue weighted by atomic mass is 16.5. The van der Waals surface area contributed by atoms with Crippen LogP contribution in [-0.2, 0) is 10.8 Å². The first-order valence-corrected chi connectivity index (χ1v) is 31.4. The summed E-state index contributed by atoms with van der Waals surface area (Å²) in [6.07, 6.45) is 3.62. The fourth-order valence-electron chi connectivity index (χ4n) is 15.4. The lowest BCUT2D eigenvalue weighted by atomic mass is 9.65. The van der Waals surface area contributed by atoms with Gasteiger partial charge in [0.2, 0.25) is 11.8 Å². The molecule has 94 heavy (non-hydrogen) atoms. The van der Waals surface area contributed by atoms with E-state index in [1.54, 1.807) is 6.20 Å². The number of nitrogens with zero attached hydrogens (tertiary/aromatic N) is 6. The lowest BCUT2D eigenvalue weighted by Crippen LogP contribution is -2.32. The summed E-state index contributed by atoms with van der Waals surface area (Å²) in [5, 5.41) is 0. The number of aromatic nitrogens is 6. The van der Waals surface area contributed by atoms with Gasteiger partial charge in [-0.2, -0.15) is 0 Å². The minimum Gasteiger partial charge on any atom is -0.457 e. The third-order valence-corrected chi connectivity index (χ3v) is 19.4. The molecule has 2 aliphatic carbocycles. The molecule has 2 aliphatic heterocycles. The number of fused-ring (bicyclic) bond motifs is 20. The Morgan fingerprint density at radius 2 is 0.702 bits per heavy atom. The third-order valence-electron chi connectivity index (χ3n) is 19.4. The Kier molecular flexibility index (Phi) is 11.0. The predicted molar refractivity (Wildman–Crippen MR) is 366 cm³/mol. The lowest BCUT2D eigenvalue weighted by molar-refractivity contribution is 0.436. The van der Waals surface area contributed by atoms with Gasteiger partial charge in [0, 0.05) is 62.5 Å². The fraction of sp³-hybridized carbons (Fsp3) is 0.0238. The molecular weight excluding hydrogens is 1160 g/mol. The number of oxazole rings is 2. The molecule has 10 heteroatoms. The van der Waals surface area contributed by atoms with E-state index in [1.165, 1.54) is 22.3 Å². The zero-order valence-electron chi connectivity index (χ0n) is 50.0. The molecule has 10 nitrogen and oxygen atoms in total. The second-order valence-electron chi connectivity index (χ2n) is 24.3.